The normalized spacial score (nSPS) is 11.3. The minimum Gasteiger partial charge on any atom is -0.423 e. The van der Waals surface area contributed by atoms with E-state index < -0.39 is 0 Å². The molecule has 0 bridgehead atoms. The third-order valence-electron chi connectivity index (χ3n) is 4.18. The quantitative estimate of drug-likeness (QED) is 0.682. The number of hydrogen-bond acceptors (Lipinski definition) is 3. The van der Waals surface area contributed by atoms with E-state index in [-0.39, 0.29) is 5.63 Å². The molecule has 0 aliphatic rings. The summed E-state index contributed by atoms with van der Waals surface area (Å²) in [6, 6.07) is 16.0. The minimum absolute atomic E-state index is 0.288. The zero-order valence-electron chi connectivity index (χ0n) is 13.8. The van der Waals surface area contributed by atoms with Crippen LogP contribution in [0.1, 0.15) is 22.3 Å². The maximum atomic E-state index is 11.9. The van der Waals surface area contributed by atoms with Gasteiger partial charge >= 0.3 is 5.63 Å². The first kappa shape index (κ1) is 15.5. The van der Waals surface area contributed by atoms with Gasteiger partial charge < -0.3 is 4.42 Å². The molecule has 0 saturated carbocycles. The SMILES string of the molecule is Cc1cc2oc(=O)cc(CN(C)Cc3ccccc3)c2cc1C. The second-order valence-electron chi connectivity index (χ2n) is 6.18. The lowest BCUT2D eigenvalue weighted by atomic mass is 10.0. The molecule has 3 aromatic rings. The van der Waals surface area contributed by atoms with Gasteiger partial charge in [-0.25, -0.2) is 4.79 Å². The minimum atomic E-state index is -0.288. The van der Waals surface area contributed by atoms with Crippen LogP contribution in [-0.4, -0.2) is 11.9 Å². The summed E-state index contributed by atoms with van der Waals surface area (Å²) in [5.41, 5.74) is 4.99. The van der Waals surface area contributed by atoms with Gasteiger partial charge in [-0.2, -0.15) is 0 Å². The highest BCUT2D eigenvalue weighted by Crippen LogP contribution is 2.22. The Bertz CT molecular complexity index is 881. The second-order valence-corrected chi connectivity index (χ2v) is 6.18. The summed E-state index contributed by atoms with van der Waals surface area (Å²) >= 11 is 0. The molecule has 0 fully saturated rings. The molecule has 0 atom stereocenters. The summed E-state index contributed by atoms with van der Waals surface area (Å²) in [5, 5.41) is 1.02. The molecular formula is C20H21NO2. The highest BCUT2D eigenvalue weighted by molar-refractivity contribution is 5.81. The van der Waals surface area contributed by atoms with Gasteiger partial charge in [-0.3, -0.25) is 4.90 Å². The van der Waals surface area contributed by atoms with Crippen LogP contribution in [0.25, 0.3) is 11.0 Å². The van der Waals surface area contributed by atoms with Gasteiger partial charge in [0.2, 0.25) is 0 Å². The van der Waals surface area contributed by atoms with Crippen molar-refractivity contribution in [3.8, 4) is 0 Å². The molecule has 1 aromatic heterocycles. The van der Waals surface area contributed by atoms with Crippen molar-refractivity contribution in [1.82, 2.24) is 4.90 Å². The highest BCUT2D eigenvalue weighted by Gasteiger charge is 2.10. The van der Waals surface area contributed by atoms with E-state index in [9.17, 15) is 4.79 Å². The molecule has 0 saturated heterocycles. The Labute approximate surface area is 136 Å². The summed E-state index contributed by atoms with van der Waals surface area (Å²) in [6.07, 6.45) is 0. The van der Waals surface area contributed by atoms with Crippen molar-refractivity contribution in [1.29, 1.82) is 0 Å². The number of nitrogens with zero attached hydrogens (tertiary/aromatic N) is 1. The summed E-state index contributed by atoms with van der Waals surface area (Å²) < 4.78 is 5.36. The Morgan fingerprint density at radius 1 is 0.957 bits per heavy atom. The zero-order chi connectivity index (χ0) is 16.4. The molecular weight excluding hydrogens is 286 g/mol. The van der Waals surface area contributed by atoms with Crippen LogP contribution in [0.4, 0.5) is 0 Å². The monoisotopic (exact) mass is 307 g/mol. The molecule has 0 unspecified atom stereocenters. The van der Waals surface area contributed by atoms with Gasteiger partial charge in [0.1, 0.15) is 5.58 Å². The van der Waals surface area contributed by atoms with E-state index >= 15 is 0 Å². The van der Waals surface area contributed by atoms with E-state index in [0.29, 0.717) is 12.1 Å². The van der Waals surface area contributed by atoms with Gasteiger partial charge in [-0.1, -0.05) is 30.3 Å². The number of aryl methyl sites for hydroxylation is 2. The van der Waals surface area contributed by atoms with Crippen LogP contribution < -0.4 is 5.63 Å². The first-order valence-electron chi connectivity index (χ1n) is 7.79. The third-order valence-corrected chi connectivity index (χ3v) is 4.18. The van der Waals surface area contributed by atoms with Gasteiger partial charge in [0.05, 0.1) is 0 Å². The molecule has 3 rings (SSSR count). The van der Waals surface area contributed by atoms with Crippen molar-refractivity contribution in [2.45, 2.75) is 26.9 Å². The Morgan fingerprint density at radius 2 is 1.65 bits per heavy atom. The number of benzene rings is 2. The average molecular weight is 307 g/mol. The van der Waals surface area contributed by atoms with Crippen molar-refractivity contribution in [2.24, 2.45) is 0 Å². The molecule has 0 radical (unpaired) electrons. The summed E-state index contributed by atoms with van der Waals surface area (Å²) in [5.74, 6) is 0. The maximum Gasteiger partial charge on any atom is 0.336 e. The smallest absolute Gasteiger partial charge is 0.336 e. The molecule has 0 spiro atoms. The summed E-state index contributed by atoms with van der Waals surface area (Å²) in [7, 11) is 2.06. The standard InChI is InChI=1S/C20H21NO2/c1-14-9-18-17(11-20(22)23-19(18)10-15(14)2)13-21(3)12-16-7-5-4-6-8-16/h4-11H,12-13H2,1-3H3. The Balaban J connectivity index is 1.93. The van der Waals surface area contributed by atoms with E-state index in [1.165, 1.54) is 11.1 Å². The summed E-state index contributed by atoms with van der Waals surface area (Å²) in [4.78, 5) is 14.1. The van der Waals surface area contributed by atoms with E-state index in [2.05, 4.69) is 37.1 Å². The molecule has 2 aromatic carbocycles. The molecule has 3 nitrogen and oxygen atoms in total. The van der Waals surface area contributed by atoms with Crippen LogP contribution in [0.5, 0.6) is 0 Å². The van der Waals surface area contributed by atoms with Crippen LogP contribution in [0.3, 0.4) is 0 Å². The van der Waals surface area contributed by atoms with Crippen LogP contribution in [0, 0.1) is 13.8 Å². The molecule has 0 aliphatic heterocycles. The van der Waals surface area contributed by atoms with Crippen molar-refractivity contribution in [2.75, 3.05) is 7.05 Å². The van der Waals surface area contributed by atoms with E-state index in [0.717, 1.165) is 23.1 Å². The van der Waals surface area contributed by atoms with Crippen molar-refractivity contribution < 1.29 is 4.42 Å². The van der Waals surface area contributed by atoms with E-state index in [1.54, 1.807) is 6.07 Å². The van der Waals surface area contributed by atoms with Gasteiger partial charge in [-0.05, 0) is 55.3 Å². The molecule has 118 valence electrons. The van der Waals surface area contributed by atoms with Crippen LogP contribution in [0.15, 0.2) is 57.7 Å². The molecule has 0 amide bonds. The highest BCUT2D eigenvalue weighted by atomic mass is 16.4. The first-order chi connectivity index (χ1) is 11.0. The Morgan fingerprint density at radius 3 is 2.39 bits per heavy atom. The van der Waals surface area contributed by atoms with Crippen LogP contribution >= 0.6 is 0 Å². The maximum absolute atomic E-state index is 11.9. The topological polar surface area (TPSA) is 33.5 Å². The van der Waals surface area contributed by atoms with Gasteiger partial charge in [0.15, 0.2) is 0 Å². The lowest BCUT2D eigenvalue weighted by Gasteiger charge is -2.18. The number of hydrogen-bond donors (Lipinski definition) is 0. The molecule has 0 aliphatic carbocycles. The van der Waals surface area contributed by atoms with Crippen LogP contribution in [-0.2, 0) is 13.1 Å². The number of fused-ring (bicyclic) bond motifs is 1. The molecule has 3 heteroatoms. The fourth-order valence-electron chi connectivity index (χ4n) is 2.86. The lowest BCUT2D eigenvalue weighted by molar-refractivity contribution is 0.319. The van der Waals surface area contributed by atoms with Gasteiger partial charge in [0, 0.05) is 24.5 Å². The lowest BCUT2D eigenvalue weighted by Crippen LogP contribution is -2.18. The Hall–Kier alpha value is -2.39. The fourth-order valence-corrected chi connectivity index (χ4v) is 2.86. The molecule has 1 heterocycles. The fraction of sp³-hybridized carbons (Fsp3) is 0.250. The van der Waals surface area contributed by atoms with E-state index in [1.807, 2.05) is 31.2 Å². The summed E-state index contributed by atoms with van der Waals surface area (Å²) in [6.45, 7) is 5.66. The largest absolute Gasteiger partial charge is 0.423 e. The van der Waals surface area contributed by atoms with E-state index in [4.69, 9.17) is 4.42 Å². The molecule has 0 N–H and O–H groups in total. The Kier molecular flexibility index (Phi) is 4.30. The predicted octanol–water partition coefficient (Wildman–Crippen LogP) is 4.04. The van der Waals surface area contributed by atoms with Crippen molar-refractivity contribution in [3.05, 3.63) is 81.2 Å². The third kappa shape index (κ3) is 3.51. The molecule has 23 heavy (non-hydrogen) atoms. The van der Waals surface area contributed by atoms with Crippen LogP contribution in [0.2, 0.25) is 0 Å². The zero-order valence-corrected chi connectivity index (χ0v) is 13.8. The van der Waals surface area contributed by atoms with Crippen molar-refractivity contribution in [3.63, 3.8) is 0 Å². The van der Waals surface area contributed by atoms with Gasteiger partial charge in [0.25, 0.3) is 0 Å². The predicted molar refractivity (Wildman–Crippen MR) is 93.6 cm³/mol. The average Bonchev–Trinajstić information content (AvgIpc) is 2.50. The second kappa shape index (κ2) is 6.39. The first-order valence-corrected chi connectivity index (χ1v) is 7.79. The number of rotatable bonds is 4. The van der Waals surface area contributed by atoms with Gasteiger partial charge in [-0.15, -0.1) is 0 Å². The van der Waals surface area contributed by atoms with Crippen molar-refractivity contribution >= 4 is 11.0 Å².